The van der Waals surface area contributed by atoms with Crippen molar-refractivity contribution < 1.29 is 14.3 Å². The highest BCUT2D eigenvalue weighted by Gasteiger charge is 2.27. The summed E-state index contributed by atoms with van der Waals surface area (Å²) in [6.45, 7) is 3.14. The van der Waals surface area contributed by atoms with Crippen LogP contribution in [0.4, 0.5) is 0 Å². The number of nitrogens with zero attached hydrogens (tertiary/aromatic N) is 1. The Morgan fingerprint density at radius 3 is 2.61 bits per heavy atom. The molecule has 0 bridgehead atoms. The second-order valence-corrected chi connectivity index (χ2v) is 5.76. The van der Waals surface area contributed by atoms with Crippen LogP contribution in [0.3, 0.4) is 0 Å². The van der Waals surface area contributed by atoms with E-state index < -0.39 is 11.2 Å². The average molecular weight is 332 g/mol. The fourth-order valence-electron chi connectivity index (χ4n) is 1.87. The second kappa shape index (κ2) is 7.73. The van der Waals surface area contributed by atoms with Crippen LogP contribution in [0.5, 0.6) is 0 Å². The summed E-state index contributed by atoms with van der Waals surface area (Å²) in [5.74, 6) is -1.00. The maximum atomic E-state index is 11.8. The highest BCUT2D eigenvalue weighted by atomic mass is 32.2. The first-order valence-corrected chi connectivity index (χ1v) is 7.89. The van der Waals surface area contributed by atoms with Crippen LogP contribution in [0.1, 0.15) is 13.8 Å². The lowest BCUT2D eigenvalue weighted by atomic mass is 10.1. The van der Waals surface area contributed by atoms with Crippen molar-refractivity contribution in [2.75, 3.05) is 6.61 Å². The molecule has 0 amide bonds. The first kappa shape index (κ1) is 17.0. The van der Waals surface area contributed by atoms with E-state index >= 15 is 0 Å². The molecule has 23 heavy (non-hydrogen) atoms. The molecule has 6 nitrogen and oxygen atoms in total. The van der Waals surface area contributed by atoms with Crippen molar-refractivity contribution in [1.29, 1.82) is 0 Å². The summed E-state index contributed by atoms with van der Waals surface area (Å²) in [7, 11) is 0. The summed E-state index contributed by atoms with van der Waals surface area (Å²) >= 11 is 0.877. The number of esters is 1. The monoisotopic (exact) mass is 332 g/mol. The molecule has 0 saturated carbocycles. The number of benzene rings is 1. The Bertz CT molecular complexity index is 758. The number of ether oxygens (including phenoxy) is 1. The maximum Gasteiger partial charge on any atom is 0.327 e. The molecule has 0 radical (unpaired) electrons. The molecule has 0 spiro atoms. The molecule has 1 N–H and O–H groups in total. The molecule has 0 saturated heterocycles. The molecule has 1 atom stereocenters. The van der Waals surface area contributed by atoms with Gasteiger partial charge in [0, 0.05) is 11.6 Å². The molecule has 0 aliphatic carbocycles. The second-order valence-electron chi connectivity index (χ2n) is 4.66. The maximum absolute atomic E-state index is 11.8. The third-order valence-electron chi connectivity index (χ3n) is 2.89. The zero-order valence-electron chi connectivity index (χ0n) is 12.7. The summed E-state index contributed by atoms with van der Waals surface area (Å²) in [5, 5.41) is -0.853. The Kier molecular flexibility index (Phi) is 5.70. The summed E-state index contributed by atoms with van der Waals surface area (Å²) in [4.78, 5) is 42.2. The van der Waals surface area contributed by atoms with Crippen LogP contribution in [-0.2, 0) is 14.3 Å². The van der Waals surface area contributed by atoms with Gasteiger partial charge in [0.15, 0.2) is 16.2 Å². The molecular formula is C16H16N2O4S. The number of nitrogens with one attached hydrogen (secondary N) is 1. The Hall–Kier alpha value is -2.41. The van der Waals surface area contributed by atoms with Gasteiger partial charge in [-0.3, -0.25) is 14.4 Å². The number of hydrogen-bond acceptors (Lipinski definition) is 6. The number of aromatic amines is 1. The van der Waals surface area contributed by atoms with Crippen molar-refractivity contribution in [2.45, 2.75) is 24.3 Å². The van der Waals surface area contributed by atoms with Crippen LogP contribution in [0, 0.1) is 0 Å². The van der Waals surface area contributed by atoms with Gasteiger partial charge in [-0.15, -0.1) is 0 Å². The van der Waals surface area contributed by atoms with Gasteiger partial charge in [-0.05, 0) is 13.8 Å². The molecule has 1 aromatic heterocycles. The fourth-order valence-corrected chi connectivity index (χ4v) is 2.74. The van der Waals surface area contributed by atoms with Crippen LogP contribution in [0.25, 0.3) is 11.3 Å². The van der Waals surface area contributed by atoms with Crippen molar-refractivity contribution in [2.24, 2.45) is 0 Å². The molecule has 0 aliphatic rings. The summed E-state index contributed by atoms with van der Waals surface area (Å²) in [6.07, 6.45) is 0. The summed E-state index contributed by atoms with van der Waals surface area (Å²) in [6, 6.07) is 10.5. The molecule has 1 heterocycles. The van der Waals surface area contributed by atoms with E-state index in [-0.39, 0.29) is 23.1 Å². The van der Waals surface area contributed by atoms with Crippen LogP contribution >= 0.6 is 11.8 Å². The summed E-state index contributed by atoms with van der Waals surface area (Å²) < 4.78 is 4.88. The number of Topliss-reactive ketones (excluding diaryl/α,β-unsaturated/α-hetero) is 1. The van der Waals surface area contributed by atoms with E-state index in [1.165, 1.54) is 13.0 Å². The average Bonchev–Trinajstić information content (AvgIpc) is 2.53. The van der Waals surface area contributed by atoms with Crippen LogP contribution in [0.2, 0.25) is 0 Å². The number of carbonyl (C=O) groups is 2. The van der Waals surface area contributed by atoms with E-state index in [4.69, 9.17) is 4.74 Å². The van der Waals surface area contributed by atoms with Gasteiger partial charge in [0.25, 0.3) is 5.56 Å². The smallest absolute Gasteiger partial charge is 0.327 e. The lowest BCUT2D eigenvalue weighted by Gasteiger charge is -2.12. The highest BCUT2D eigenvalue weighted by Crippen LogP contribution is 2.23. The third kappa shape index (κ3) is 4.53. The van der Waals surface area contributed by atoms with E-state index in [2.05, 4.69) is 9.97 Å². The summed E-state index contributed by atoms with van der Waals surface area (Å²) in [5.41, 5.74) is 0.895. The predicted octanol–water partition coefficient (Wildman–Crippen LogP) is 2.05. The lowest BCUT2D eigenvalue weighted by Crippen LogP contribution is -2.27. The van der Waals surface area contributed by atoms with E-state index in [1.54, 1.807) is 6.92 Å². The minimum atomic E-state index is -1.05. The minimum absolute atomic E-state index is 0.178. The number of H-pyrrole nitrogens is 1. The highest BCUT2D eigenvalue weighted by molar-refractivity contribution is 8.01. The van der Waals surface area contributed by atoms with E-state index in [1.807, 2.05) is 30.3 Å². The van der Waals surface area contributed by atoms with Gasteiger partial charge >= 0.3 is 5.97 Å². The number of thioether (sulfide) groups is 1. The van der Waals surface area contributed by atoms with Crippen molar-refractivity contribution >= 4 is 23.5 Å². The normalized spacial score (nSPS) is 11.7. The molecule has 2 rings (SSSR count). The molecular weight excluding hydrogens is 316 g/mol. The van der Waals surface area contributed by atoms with E-state index in [0.29, 0.717) is 5.69 Å². The van der Waals surface area contributed by atoms with Crippen LogP contribution < -0.4 is 5.56 Å². The van der Waals surface area contributed by atoms with Gasteiger partial charge in [0.2, 0.25) is 0 Å². The molecule has 7 heteroatoms. The first-order chi connectivity index (χ1) is 11.0. The number of carbonyl (C=O) groups excluding carboxylic acids is 2. The zero-order chi connectivity index (χ0) is 16.8. The van der Waals surface area contributed by atoms with Gasteiger partial charge in [-0.25, -0.2) is 4.98 Å². The SMILES string of the molecule is CCOC(=O)[C@H](Sc1nc(-c2ccccc2)cc(=O)[nH]1)C(C)=O. The molecule has 1 aromatic carbocycles. The van der Waals surface area contributed by atoms with Gasteiger partial charge < -0.3 is 9.72 Å². The first-order valence-electron chi connectivity index (χ1n) is 7.01. The molecule has 0 unspecified atom stereocenters. The van der Waals surface area contributed by atoms with Crippen molar-refractivity contribution in [3.05, 3.63) is 46.8 Å². The van der Waals surface area contributed by atoms with Gasteiger partial charge in [-0.2, -0.15) is 0 Å². The Labute approximate surface area is 137 Å². The number of rotatable bonds is 6. The van der Waals surface area contributed by atoms with Gasteiger partial charge in [0.1, 0.15) is 0 Å². The Morgan fingerprint density at radius 1 is 1.30 bits per heavy atom. The Balaban J connectivity index is 2.32. The van der Waals surface area contributed by atoms with Gasteiger partial charge in [-0.1, -0.05) is 42.1 Å². The molecule has 0 fully saturated rings. The van der Waals surface area contributed by atoms with Gasteiger partial charge in [0.05, 0.1) is 12.3 Å². The quantitative estimate of drug-likeness (QED) is 0.377. The third-order valence-corrected chi connectivity index (χ3v) is 4.07. The zero-order valence-corrected chi connectivity index (χ0v) is 13.6. The number of hydrogen-bond donors (Lipinski definition) is 1. The van der Waals surface area contributed by atoms with E-state index in [0.717, 1.165) is 17.3 Å². The largest absolute Gasteiger partial charge is 0.465 e. The topological polar surface area (TPSA) is 89.1 Å². The van der Waals surface area contributed by atoms with Crippen molar-refractivity contribution in [3.8, 4) is 11.3 Å². The Morgan fingerprint density at radius 2 is 2.00 bits per heavy atom. The van der Waals surface area contributed by atoms with Crippen molar-refractivity contribution in [3.63, 3.8) is 0 Å². The molecule has 120 valence electrons. The van der Waals surface area contributed by atoms with Crippen LogP contribution in [0.15, 0.2) is 46.3 Å². The number of aromatic nitrogens is 2. The van der Waals surface area contributed by atoms with Crippen LogP contribution in [-0.4, -0.2) is 33.6 Å². The van der Waals surface area contributed by atoms with Crippen molar-refractivity contribution in [1.82, 2.24) is 9.97 Å². The van der Waals surface area contributed by atoms with E-state index in [9.17, 15) is 14.4 Å². The molecule has 0 aliphatic heterocycles. The standard InChI is InChI=1S/C16H16N2O4S/c1-3-22-15(21)14(10(2)19)23-16-17-12(9-13(20)18-16)11-7-5-4-6-8-11/h4-9,14H,3H2,1-2H3,(H,17,18,20)/t14-/m1/s1. The molecule has 2 aromatic rings. The minimum Gasteiger partial charge on any atom is -0.465 e. The predicted molar refractivity (Wildman–Crippen MR) is 87.3 cm³/mol. The lowest BCUT2D eigenvalue weighted by molar-refractivity contribution is -0.144. The fraction of sp³-hybridized carbons (Fsp3) is 0.250. The number of ketones is 1.